The van der Waals surface area contributed by atoms with Crippen LogP contribution in [0.25, 0.3) is 0 Å². The second-order valence-electron chi connectivity index (χ2n) is 5.77. The van der Waals surface area contributed by atoms with Gasteiger partial charge in [0.2, 0.25) is 0 Å². The van der Waals surface area contributed by atoms with E-state index in [1.807, 2.05) is 19.1 Å². The lowest BCUT2D eigenvalue weighted by molar-refractivity contribution is 0.0342. The summed E-state index contributed by atoms with van der Waals surface area (Å²) in [5, 5.41) is 7.71. The molecule has 0 saturated carbocycles. The predicted octanol–water partition coefficient (Wildman–Crippen LogP) is 1.65. The second-order valence-corrected chi connectivity index (χ2v) is 5.77. The van der Waals surface area contributed by atoms with E-state index in [0.717, 1.165) is 44.1 Å². The van der Waals surface area contributed by atoms with Crippen molar-refractivity contribution in [2.75, 3.05) is 26.3 Å². The van der Waals surface area contributed by atoms with Crippen LogP contribution >= 0.6 is 0 Å². The first kappa shape index (κ1) is 16.5. The van der Waals surface area contributed by atoms with E-state index >= 15 is 0 Å². The molecule has 1 aromatic heterocycles. The molecule has 0 spiro atoms. The topological polar surface area (TPSA) is 86.1 Å². The fraction of sp³-hybridized carbons (Fsp3) is 0.412. The Balaban J connectivity index is 1.52. The first-order valence-electron chi connectivity index (χ1n) is 7.98. The van der Waals surface area contributed by atoms with Crippen LogP contribution in [0.4, 0.5) is 0 Å². The fourth-order valence-electron chi connectivity index (χ4n) is 2.50. The Labute approximate surface area is 141 Å². The first-order valence-corrected chi connectivity index (χ1v) is 7.98. The molecule has 7 heteroatoms. The first-order chi connectivity index (χ1) is 11.7. The van der Waals surface area contributed by atoms with Gasteiger partial charge in [0, 0.05) is 31.3 Å². The maximum Gasteiger partial charge on any atom is 0.177 e. The van der Waals surface area contributed by atoms with E-state index in [2.05, 4.69) is 27.3 Å². The van der Waals surface area contributed by atoms with Crippen LogP contribution in [0.2, 0.25) is 0 Å². The summed E-state index contributed by atoms with van der Waals surface area (Å²) in [6, 6.07) is 9.83. The zero-order chi connectivity index (χ0) is 16.8. The van der Waals surface area contributed by atoms with Crippen LogP contribution in [0, 0.1) is 6.92 Å². The van der Waals surface area contributed by atoms with Gasteiger partial charge in [0.1, 0.15) is 0 Å². The quantitative estimate of drug-likeness (QED) is 0.492. The molecule has 1 aromatic carbocycles. The minimum Gasteiger partial charge on any atom is -0.386 e. The largest absolute Gasteiger partial charge is 0.386 e. The number of rotatable bonds is 6. The van der Waals surface area contributed by atoms with E-state index in [0.29, 0.717) is 11.6 Å². The van der Waals surface area contributed by atoms with Crippen LogP contribution in [0.5, 0.6) is 0 Å². The summed E-state index contributed by atoms with van der Waals surface area (Å²) in [4.78, 5) is 7.58. The highest BCUT2D eigenvalue weighted by molar-refractivity contribution is 5.97. The minimum atomic E-state index is 0.205. The Hall–Kier alpha value is -2.38. The third kappa shape index (κ3) is 4.56. The smallest absolute Gasteiger partial charge is 0.177 e. The Morgan fingerprint density at radius 2 is 2.04 bits per heavy atom. The highest BCUT2D eigenvalue weighted by Gasteiger charge is 2.10. The van der Waals surface area contributed by atoms with Gasteiger partial charge < -0.3 is 19.8 Å². The number of oxime groups is 1. The van der Waals surface area contributed by atoms with Crippen molar-refractivity contribution >= 4 is 5.84 Å². The molecule has 128 valence electrons. The van der Waals surface area contributed by atoms with Gasteiger partial charge in [-0.25, -0.2) is 0 Å². The molecule has 24 heavy (non-hydrogen) atoms. The molecule has 2 N–H and O–H groups in total. The molecule has 1 fully saturated rings. The highest BCUT2D eigenvalue weighted by atomic mass is 16.6. The molecular weight excluding hydrogens is 308 g/mol. The lowest BCUT2D eigenvalue weighted by atomic mass is 10.1. The van der Waals surface area contributed by atoms with Crippen molar-refractivity contribution in [3.63, 3.8) is 0 Å². The molecule has 0 atom stereocenters. The summed E-state index contributed by atoms with van der Waals surface area (Å²) >= 11 is 0. The molecule has 3 rings (SSSR count). The molecule has 2 aromatic rings. The number of benzene rings is 1. The average Bonchev–Trinajstić information content (AvgIpc) is 3.02. The van der Waals surface area contributed by atoms with Gasteiger partial charge in [-0.1, -0.05) is 34.6 Å². The van der Waals surface area contributed by atoms with Gasteiger partial charge in [-0.2, -0.15) is 0 Å². The molecule has 1 aliphatic rings. The normalized spacial score (nSPS) is 16.3. The number of ether oxygens (including phenoxy) is 1. The molecule has 0 radical (unpaired) electrons. The van der Waals surface area contributed by atoms with E-state index in [9.17, 15) is 0 Å². The number of nitrogens with two attached hydrogens (primary N) is 1. The van der Waals surface area contributed by atoms with E-state index in [-0.39, 0.29) is 6.61 Å². The third-order valence-electron chi connectivity index (χ3n) is 3.81. The van der Waals surface area contributed by atoms with Crippen molar-refractivity contribution in [2.24, 2.45) is 10.9 Å². The summed E-state index contributed by atoms with van der Waals surface area (Å²) < 4.78 is 10.4. The lowest BCUT2D eigenvalue weighted by Crippen LogP contribution is -2.35. The average molecular weight is 330 g/mol. The Kier molecular flexibility index (Phi) is 5.45. The van der Waals surface area contributed by atoms with Crippen LogP contribution in [-0.2, 0) is 22.7 Å². The van der Waals surface area contributed by atoms with E-state index in [1.54, 1.807) is 6.07 Å². The van der Waals surface area contributed by atoms with Gasteiger partial charge in [0.25, 0.3) is 0 Å². The van der Waals surface area contributed by atoms with Crippen LogP contribution in [0.15, 0.2) is 40.0 Å². The molecule has 1 saturated heterocycles. The van der Waals surface area contributed by atoms with Crippen LogP contribution in [0.1, 0.15) is 22.6 Å². The number of morpholine rings is 1. The van der Waals surface area contributed by atoms with Crippen LogP contribution in [0.3, 0.4) is 0 Å². The number of nitrogens with zero attached hydrogens (tertiary/aromatic N) is 3. The Bertz CT molecular complexity index is 675. The van der Waals surface area contributed by atoms with Crippen LogP contribution < -0.4 is 5.73 Å². The Morgan fingerprint density at radius 1 is 1.29 bits per heavy atom. The zero-order valence-corrected chi connectivity index (χ0v) is 13.8. The summed E-state index contributed by atoms with van der Waals surface area (Å²) in [5.41, 5.74) is 8.83. The zero-order valence-electron chi connectivity index (χ0n) is 13.8. The molecule has 0 bridgehead atoms. The van der Waals surface area contributed by atoms with Gasteiger partial charge in [-0.15, -0.1) is 0 Å². The number of aromatic nitrogens is 1. The monoisotopic (exact) mass is 330 g/mol. The Morgan fingerprint density at radius 3 is 2.71 bits per heavy atom. The summed E-state index contributed by atoms with van der Waals surface area (Å²) in [5.74, 6) is 0.953. The van der Waals surface area contributed by atoms with Gasteiger partial charge in [-0.05, 0) is 12.5 Å². The number of amidine groups is 1. The highest BCUT2D eigenvalue weighted by Crippen LogP contribution is 2.10. The lowest BCUT2D eigenvalue weighted by Gasteiger charge is -2.26. The maximum atomic E-state index is 5.95. The molecular formula is C17H22N4O3. The number of hydrogen-bond acceptors (Lipinski definition) is 6. The summed E-state index contributed by atoms with van der Waals surface area (Å²) in [6.07, 6.45) is 0. The minimum absolute atomic E-state index is 0.205. The van der Waals surface area contributed by atoms with E-state index in [1.165, 1.54) is 5.56 Å². The van der Waals surface area contributed by atoms with Gasteiger partial charge in [-0.3, -0.25) is 4.90 Å². The standard InChI is InChI=1S/C17H22N4O3/c1-13-10-16(24-19-13)12-23-20-17(18)15-4-2-14(3-5-15)11-21-6-8-22-9-7-21/h2-5,10H,6-9,11-12H2,1H3,(H2,18,20). The summed E-state index contributed by atoms with van der Waals surface area (Å²) in [6.45, 7) is 6.53. The fourth-order valence-corrected chi connectivity index (χ4v) is 2.50. The van der Waals surface area contributed by atoms with Crippen molar-refractivity contribution < 1.29 is 14.1 Å². The van der Waals surface area contributed by atoms with Crippen molar-refractivity contribution in [1.29, 1.82) is 0 Å². The van der Waals surface area contributed by atoms with Gasteiger partial charge in [0.15, 0.2) is 18.2 Å². The summed E-state index contributed by atoms with van der Waals surface area (Å²) in [7, 11) is 0. The number of aryl methyl sites for hydroxylation is 1. The van der Waals surface area contributed by atoms with E-state index < -0.39 is 0 Å². The molecule has 0 aliphatic carbocycles. The molecule has 7 nitrogen and oxygen atoms in total. The second kappa shape index (κ2) is 7.94. The van der Waals surface area contributed by atoms with Crippen molar-refractivity contribution in [3.05, 3.63) is 52.9 Å². The molecule has 2 heterocycles. The van der Waals surface area contributed by atoms with Crippen LogP contribution in [-0.4, -0.2) is 42.2 Å². The molecule has 0 amide bonds. The number of hydrogen-bond donors (Lipinski definition) is 1. The van der Waals surface area contributed by atoms with Crippen molar-refractivity contribution in [3.8, 4) is 0 Å². The SMILES string of the molecule is Cc1cc(CO/N=C(\N)c2ccc(CN3CCOCC3)cc2)on1. The van der Waals surface area contributed by atoms with Crippen molar-refractivity contribution in [1.82, 2.24) is 10.1 Å². The van der Waals surface area contributed by atoms with Gasteiger partial charge >= 0.3 is 0 Å². The van der Waals surface area contributed by atoms with E-state index in [4.69, 9.17) is 19.8 Å². The van der Waals surface area contributed by atoms with Crippen molar-refractivity contribution in [2.45, 2.75) is 20.1 Å². The maximum absolute atomic E-state index is 5.95. The molecule has 0 unspecified atom stereocenters. The molecule has 1 aliphatic heterocycles. The third-order valence-corrected chi connectivity index (χ3v) is 3.81. The van der Waals surface area contributed by atoms with Gasteiger partial charge in [0.05, 0.1) is 18.9 Å². The predicted molar refractivity (Wildman–Crippen MR) is 89.3 cm³/mol.